The lowest BCUT2D eigenvalue weighted by Crippen LogP contribution is -2.32. The summed E-state index contributed by atoms with van der Waals surface area (Å²) in [5.41, 5.74) is 3.60. The Hall–Kier alpha value is -2.33. The van der Waals surface area contributed by atoms with Gasteiger partial charge in [0.15, 0.2) is 0 Å². The average molecular weight is 312 g/mol. The van der Waals surface area contributed by atoms with Gasteiger partial charge in [0.05, 0.1) is 6.61 Å². The Morgan fingerprint density at radius 2 is 1.83 bits per heavy atom. The van der Waals surface area contributed by atoms with Crippen molar-refractivity contribution in [2.24, 2.45) is 0 Å². The quantitative estimate of drug-likeness (QED) is 0.761. The molecule has 3 N–H and O–H groups in total. The van der Waals surface area contributed by atoms with Crippen molar-refractivity contribution in [1.82, 2.24) is 0 Å². The number of aliphatic hydroxyl groups excluding tert-OH is 1. The van der Waals surface area contributed by atoms with E-state index in [9.17, 15) is 9.90 Å². The summed E-state index contributed by atoms with van der Waals surface area (Å²) in [6.07, 6.45) is 0. The zero-order valence-corrected chi connectivity index (χ0v) is 13.8. The van der Waals surface area contributed by atoms with E-state index >= 15 is 0 Å². The van der Waals surface area contributed by atoms with Crippen LogP contribution >= 0.6 is 0 Å². The molecule has 1 atom stereocenters. The van der Waals surface area contributed by atoms with Crippen molar-refractivity contribution in [2.75, 3.05) is 10.6 Å². The molecule has 0 saturated carbocycles. The Labute approximate surface area is 137 Å². The molecule has 122 valence electrons. The van der Waals surface area contributed by atoms with Crippen molar-refractivity contribution in [3.05, 3.63) is 59.7 Å². The first-order valence-corrected chi connectivity index (χ1v) is 7.87. The number of aliphatic hydroxyl groups is 1. The van der Waals surface area contributed by atoms with Crippen molar-refractivity contribution < 1.29 is 9.90 Å². The van der Waals surface area contributed by atoms with Gasteiger partial charge in [0.25, 0.3) is 0 Å². The lowest BCUT2D eigenvalue weighted by molar-refractivity contribution is -0.116. The van der Waals surface area contributed by atoms with E-state index in [2.05, 4.69) is 24.5 Å². The molecule has 0 saturated heterocycles. The van der Waals surface area contributed by atoms with E-state index in [0.29, 0.717) is 5.92 Å². The summed E-state index contributed by atoms with van der Waals surface area (Å²) in [4.78, 5) is 12.4. The number of hydrogen-bond donors (Lipinski definition) is 3. The Morgan fingerprint density at radius 3 is 2.52 bits per heavy atom. The van der Waals surface area contributed by atoms with E-state index in [-0.39, 0.29) is 18.6 Å². The highest BCUT2D eigenvalue weighted by molar-refractivity contribution is 5.96. The van der Waals surface area contributed by atoms with Crippen molar-refractivity contribution in [2.45, 2.75) is 39.3 Å². The fourth-order valence-corrected chi connectivity index (χ4v) is 2.43. The van der Waals surface area contributed by atoms with Crippen LogP contribution in [0.5, 0.6) is 0 Å². The number of carbonyl (C=O) groups is 1. The van der Waals surface area contributed by atoms with Gasteiger partial charge in [-0.2, -0.15) is 0 Å². The monoisotopic (exact) mass is 312 g/mol. The summed E-state index contributed by atoms with van der Waals surface area (Å²) >= 11 is 0. The lowest BCUT2D eigenvalue weighted by Gasteiger charge is -2.18. The molecular weight excluding hydrogens is 288 g/mol. The van der Waals surface area contributed by atoms with Crippen LogP contribution in [0.3, 0.4) is 0 Å². The topological polar surface area (TPSA) is 61.4 Å². The lowest BCUT2D eigenvalue weighted by atomic mass is 10.0. The third-order valence-corrected chi connectivity index (χ3v) is 3.73. The maximum atomic E-state index is 12.4. The van der Waals surface area contributed by atoms with Crippen LogP contribution in [0.2, 0.25) is 0 Å². The predicted molar refractivity (Wildman–Crippen MR) is 94.6 cm³/mol. The van der Waals surface area contributed by atoms with Gasteiger partial charge < -0.3 is 15.7 Å². The van der Waals surface area contributed by atoms with Gasteiger partial charge in [-0.25, -0.2) is 0 Å². The molecule has 0 aliphatic heterocycles. The highest BCUT2D eigenvalue weighted by Crippen LogP contribution is 2.24. The minimum atomic E-state index is -0.385. The molecule has 1 unspecified atom stereocenters. The molecule has 4 nitrogen and oxygen atoms in total. The van der Waals surface area contributed by atoms with E-state index < -0.39 is 0 Å². The zero-order chi connectivity index (χ0) is 16.8. The summed E-state index contributed by atoms with van der Waals surface area (Å²) in [7, 11) is 0. The number of carbonyl (C=O) groups excluding carboxylic acids is 1. The third kappa shape index (κ3) is 4.57. The average Bonchev–Trinajstić information content (AvgIpc) is 2.55. The summed E-state index contributed by atoms with van der Waals surface area (Å²) < 4.78 is 0. The molecule has 2 rings (SSSR count). The summed E-state index contributed by atoms with van der Waals surface area (Å²) in [5, 5.41) is 15.3. The zero-order valence-electron chi connectivity index (χ0n) is 13.8. The Morgan fingerprint density at radius 1 is 1.09 bits per heavy atom. The van der Waals surface area contributed by atoms with E-state index in [4.69, 9.17) is 0 Å². The van der Waals surface area contributed by atoms with Crippen LogP contribution in [0.25, 0.3) is 0 Å². The number of benzene rings is 2. The second-order valence-corrected chi connectivity index (χ2v) is 5.96. The number of hydrogen-bond acceptors (Lipinski definition) is 3. The molecule has 23 heavy (non-hydrogen) atoms. The minimum Gasteiger partial charge on any atom is -0.392 e. The normalized spacial score (nSPS) is 12.0. The Kier molecular flexibility index (Phi) is 5.77. The van der Waals surface area contributed by atoms with E-state index in [1.807, 2.05) is 55.5 Å². The highest BCUT2D eigenvalue weighted by Gasteiger charge is 2.15. The predicted octanol–water partition coefficient (Wildman–Crippen LogP) is 3.74. The molecule has 4 heteroatoms. The molecule has 0 aliphatic carbocycles. The van der Waals surface area contributed by atoms with Crippen LogP contribution in [0.1, 0.15) is 37.8 Å². The van der Waals surface area contributed by atoms with Gasteiger partial charge in [0.1, 0.15) is 6.04 Å². The summed E-state index contributed by atoms with van der Waals surface area (Å²) in [6.45, 7) is 6.01. The molecule has 0 bridgehead atoms. The van der Waals surface area contributed by atoms with Gasteiger partial charge in [-0.3, -0.25) is 4.79 Å². The molecule has 0 aromatic heterocycles. The molecule has 0 spiro atoms. The molecule has 2 aromatic carbocycles. The highest BCUT2D eigenvalue weighted by atomic mass is 16.3. The van der Waals surface area contributed by atoms with Crippen LogP contribution < -0.4 is 10.6 Å². The van der Waals surface area contributed by atoms with E-state index in [0.717, 1.165) is 22.5 Å². The van der Waals surface area contributed by atoms with E-state index in [1.165, 1.54) is 0 Å². The minimum absolute atomic E-state index is 0.0160. The summed E-state index contributed by atoms with van der Waals surface area (Å²) in [6, 6.07) is 14.9. The number of amides is 1. The Balaban J connectivity index is 2.05. The first-order chi connectivity index (χ1) is 11.0. The van der Waals surface area contributed by atoms with Gasteiger partial charge in [-0.1, -0.05) is 44.2 Å². The van der Waals surface area contributed by atoms with Crippen molar-refractivity contribution >= 4 is 17.3 Å². The largest absolute Gasteiger partial charge is 0.392 e. The maximum absolute atomic E-state index is 12.4. The van der Waals surface area contributed by atoms with E-state index in [1.54, 1.807) is 0 Å². The van der Waals surface area contributed by atoms with Gasteiger partial charge in [0.2, 0.25) is 5.91 Å². The van der Waals surface area contributed by atoms with Crippen molar-refractivity contribution in [1.29, 1.82) is 0 Å². The van der Waals surface area contributed by atoms with Crippen LogP contribution in [0.15, 0.2) is 48.5 Å². The number of nitrogens with one attached hydrogen (secondary N) is 2. The molecule has 0 heterocycles. The standard InChI is InChI=1S/C19H24N2O2/c1-13(2)17-9-4-5-10-18(17)21-19(23)14(3)20-16-8-6-7-15(11-16)12-22/h4-11,13-14,20,22H,12H2,1-3H3,(H,21,23). The van der Waals surface area contributed by atoms with Gasteiger partial charge in [0, 0.05) is 11.4 Å². The fourth-order valence-electron chi connectivity index (χ4n) is 2.43. The number of anilines is 2. The summed E-state index contributed by atoms with van der Waals surface area (Å²) in [5.74, 6) is 0.253. The molecule has 0 fully saturated rings. The molecular formula is C19H24N2O2. The van der Waals surface area contributed by atoms with Crippen LogP contribution in [-0.4, -0.2) is 17.1 Å². The van der Waals surface area contributed by atoms with Gasteiger partial charge in [-0.15, -0.1) is 0 Å². The van der Waals surface area contributed by atoms with Crippen molar-refractivity contribution in [3.63, 3.8) is 0 Å². The van der Waals surface area contributed by atoms with Gasteiger partial charge >= 0.3 is 0 Å². The molecule has 2 aromatic rings. The van der Waals surface area contributed by atoms with Gasteiger partial charge in [-0.05, 0) is 42.2 Å². The molecule has 0 aliphatic rings. The van der Waals surface area contributed by atoms with Crippen LogP contribution in [0, 0.1) is 0 Å². The smallest absolute Gasteiger partial charge is 0.246 e. The Bertz CT molecular complexity index is 668. The maximum Gasteiger partial charge on any atom is 0.246 e. The second-order valence-electron chi connectivity index (χ2n) is 5.96. The van der Waals surface area contributed by atoms with Crippen molar-refractivity contribution in [3.8, 4) is 0 Å². The van der Waals surface area contributed by atoms with Crippen LogP contribution in [-0.2, 0) is 11.4 Å². The third-order valence-electron chi connectivity index (χ3n) is 3.73. The van der Waals surface area contributed by atoms with Crippen LogP contribution in [0.4, 0.5) is 11.4 Å². The number of rotatable bonds is 6. The first kappa shape index (κ1) is 17.0. The number of para-hydroxylation sites is 1. The second kappa shape index (κ2) is 7.79. The molecule has 1 amide bonds. The molecule has 0 radical (unpaired) electrons. The first-order valence-electron chi connectivity index (χ1n) is 7.87. The SMILES string of the molecule is CC(Nc1cccc(CO)c1)C(=O)Nc1ccccc1C(C)C. The fraction of sp³-hybridized carbons (Fsp3) is 0.316.